The Balaban J connectivity index is 0.00000320. The molecule has 0 bridgehead atoms. The zero-order valence-corrected chi connectivity index (χ0v) is 20.3. The lowest BCUT2D eigenvalue weighted by Gasteiger charge is -2.20. The van der Waals surface area contributed by atoms with Crippen LogP contribution in [0, 0.1) is 0 Å². The Labute approximate surface area is 199 Å². The quantitative estimate of drug-likeness (QED) is 0.295. The highest BCUT2D eigenvalue weighted by Gasteiger charge is 2.25. The third-order valence-electron chi connectivity index (χ3n) is 4.58. The predicted octanol–water partition coefficient (Wildman–Crippen LogP) is 3.65. The van der Waals surface area contributed by atoms with Crippen LogP contribution in [0.4, 0.5) is 11.5 Å². The van der Waals surface area contributed by atoms with Crippen molar-refractivity contribution < 1.29 is 4.79 Å². The van der Waals surface area contributed by atoms with Gasteiger partial charge in [0.05, 0.1) is 11.6 Å². The Morgan fingerprint density at radius 3 is 2.90 bits per heavy atom. The number of hydrogen-bond acceptors (Lipinski definition) is 4. The highest BCUT2D eigenvalue weighted by atomic mass is 127. The first-order valence-electron chi connectivity index (χ1n) is 9.82. The molecule has 1 saturated heterocycles. The van der Waals surface area contributed by atoms with Crippen molar-refractivity contribution in [3.8, 4) is 0 Å². The molecule has 1 aromatic heterocycles. The van der Waals surface area contributed by atoms with Gasteiger partial charge in [-0.3, -0.25) is 4.79 Å². The van der Waals surface area contributed by atoms with Crippen molar-refractivity contribution in [3.63, 3.8) is 0 Å². The highest BCUT2D eigenvalue weighted by Crippen LogP contribution is 2.25. The van der Waals surface area contributed by atoms with Crippen molar-refractivity contribution >= 4 is 58.9 Å². The number of carbonyl (C=O) groups is 1. The average molecular weight is 543 g/mol. The van der Waals surface area contributed by atoms with Gasteiger partial charge < -0.3 is 20.9 Å². The van der Waals surface area contributed by atoms with Crippen LogP contribution in [0.3, 0.4) is 0 Å². The zero-order chi connectivity index (χ0) is 20.6. The molecule has 1 aliphatic rings. The molecule has 3 rings (SSSR count). The topological polar surface area (TPSA) is 81.6 Å². The summed E-state index contributed by atoms with van der Waals surface area (Å²) in [5, 5.41) is 10.3. The Kier molecular flexibility index (Phi) is 9.64. The third kappa shape index (κ3) is 7.02. The molecule has 9 heteroatoms. The number of rotatable bonds is 6. The molecule has 2 aromatic rings. The lowest BCUT2D eigenvalue weighted by atomic mass is 10.2. The van der Waals surface area contributed by atoms with Crippen LogP contribution in [0.25, 0.3) is 0 Å². The van der Waals surface area contributed by atoms with E-state index in [1.165, 1.54) is 6.92 Å². The van der Waals surface area contributed by atoms with Crippen molar-refractivity contribution in [3.05, 3.63) is 53.2 Å². The van der Waals surface area contributed by atoms with E-state index in [0.717, 1.165) is 49.1 Å². The molecule has 1 aromatic carbocycles. The number of anilines is 2. The summed E-state index contributed by atoms with van der Waals surface area (Å²) >= 11 is 6.28. The molecule has 1 fully saturated rings. The van der Waals surface area contributed by atoms with Crippen LogP contribution < -0.4 is 20.9 Å². The molecule has 7 nitrogen and oxygen atoms in total. The molecule has 0 spiro atoms. The fourth-order valence-electron chi connectivity index (χ4n) is 3.31. The van der Waals surface area contributed by atoms with E-state index in [1.54, 1.807) is 6.20 Å². The first kappa shape index (κ1) is 24.2. The van der Waals surface area contributed by atoms with Crippen LogP contribution in [0.1, 0.15) is 25.8 Å². The van der Waals surface area contributed by atoms with Crippen molar-refractivity contribution in [1.29, 1.82) is 0 Å². The molecule has 1 amide bonds. The van der Waals surface area contributed by atoms with E-state index in [2.05, 4.69) is 25.8 Å². The number of guanidine groups is 1. The second kappa shape index (κ2) is 11.9. The van der Waals surface area contributed by atoms with E-state index in [0.29, 0.717) is 11.6 Å². The molecule has 0 aliphatic carbocycles. The summed E-state index contributed by atoms with van der Waals surface area (Å²) in [7, 11) is 0. The van der Waals surface area contributed by atoms with Crippen molar-refractivity contribution in [2.45, 2.75) is 32.9 Å². The van der Waals surface area contributed by atoms with Gasteiger partial charge in [0.15, 0.2) is 5.96 Å². The Bertz CT molecular complexity index is 878. The maximum absolute atomic E-state index is 11.2. The lowest BCUT2D eigenvalue weighted by Crippen LogP contribution is -2.44. The summed E-state index contributed by atoms with van der Waals surface area (Å²) in [5.41, 5.74) is 1.81. The van der Waals surface area contributed by atoms with Gasteiger partial charge in [-0.25, -0.2) is 9.98 Å². The summed E-state index contributed by atoms with van der Waals surface area (Å²) in [6.07, 6.45) is 2.75. The van der Waals surface area contributed by atoms with Gasteiger partial charge in [-0.15, -0.1) is 24.0 Å². The van der Waals surface area contributed by atoms with E-state index < -0.39 is 0 Å². The number of nitrogens with one attached hydrogen (secondary N) is 3. The highest BCUT2D eigenvalue weighted by molar-refractivity contribution is 14.0. The molecule has 0 radical (unpaired) electrons. The van der Waals surface area contributed by atoms with Crippen LogP contribution in [0.2, 0.25) is 5.02 Å². The molecular formula is C21H28ClIN6O. The number of pyridine rings is 1. The third-order valence-corrected chi connectivity index (χ3v) is 4.87. The second-order valence-corrected chi connectivity index (χ2v) is 7.37. The minimum atomic E-state index is -0.0838. The van der Waals surface area contributed by atoms with Crippen LogP contribution in [-0.2, 0) is 11.3 Å². The minimum Gasteiger partial charge on any atom is -0.357 e. The van der Waals surface area contributed by atoms with Gasteiger partial charge in [0.25, 0.3) is 0 Å². The second-order valence-electron chi connectivity index (χ2n) is 6.96. The van der Waals surface area contributed by atoms with Gasteiger partial charge >= 0.3 is 0 Å². The summed E-state index contributed by atoms with van der Waals surface area (Å²) < 4.78 is 0. The van der Waals surface area contributed by atoms with Gasteiger partial charge in [-0.2, -0.15) is 0 Å². The summed E-state index contributed by atoms with van der Waals surface area (Å²) in [6.45, 7) is 6.56. The van der Waals surface area contributed by atoms with E-state index >= 15 is 0 Å². The zero-order valence-electron chi connectivity index (χ0n) is 17.2. The number of nitrogens with zero attached hydrogens (tertiary/aromatic N) is 3. The molecule has 1 atom stereocenters. The number of aromatic nitrogens is 1. The Morgan fingerprint density at radius 1 is 1.33 bits per heavy atom. The summed E-state index contributed by atoms with van der Waals surface area (Å²) in [5.74, 6) is 1.52. The smallest absolute Gasteiger partial charge is 0.221 e. The maximum Gasteiger partial charge on any atom is 0.221 e. The largest absolute Gasteiger partial charge is 0.357 e. The average Bonchev–Trinajstić information content (AvgIpc) is 3.15. The van der Waals surface area contributed by atoms with E-state index in [-0.39, 0.29) is 35.9 Å². The Morgan fingerprint density at radius 2 is 2.17 bits per heavy atom. The lowest BCUT2D eigenvalue weighted by molar-refractivity contribution is -0.114. The SMILES string of the molecule is CCNC(=NCc1cccc(NC(C)=O)c1)NC1CCN(c2ncccc2Cl)C1.I. The standard InChI is InChI=1S/C21H27ClN6O.HI/c1-3-23-21(25-13-16-6-4-7-17(12-16)26-15(2)29)27-18-9-11-28(14-18)20-19(22)8-5-10-24-20;/h4-8,10,12,18H,3,9,11,13-14H2,1-2H3,(H,26,29)(H2,23,25,27);1H. The molecule has 30 heavy (non-hydrogen) atoms. The van der Waals surface area contributed by atoms with Gasteiger partial charge in [0.2, 0.25) is 5.91 Å². The Hall–Kier alpha value is -2.07. The number of aliphatic imine (C=N–C) groups is 1. The molecule has 1 aliphatic heterocycles. The fourth-order valence-corrected chi connectivity index (χ4v) is 3.56. The van der Waals surface area contributed by atoms with Crippen molar-refractivity contribution in [1.82, 2.24) is 15.6 Å². The number of hydrogen-bond donors (Lipinski definition) is 3. The maximum atomic E-state index is 11.2. The minimum absolute atomic E-state index is 0. The first-order valence-corrected chi connectivity index (χ1v) is 10.2. The van der Waals surface area contributed by atoms with E-state index in [1.807, 2.05) is 43.3 Å². The summed E-state index contributed by atoms with van der Waals surface area (Å²) in [6, 6.07) is 11.7. The van der Waals surface area contributed by atoms with Gasteiger partial charge in [-0.05, 0) is 43.2 Å². The van der Waals surface area contributed by atoms with Crippen molar-refractivity contribution in [2.75, 3.05) is 29.9 Å². The number of benzene rings is 1. The van der Waals surface area contributed by atoms with Gasteiger partial charge in [0.1, 0.15) is 5.82 Å². The van der Waals surface area contributed by atoms with Crippen LogP contribution in [0.5, 0.6) is 0 Å². The van der Waals surface area contributed by atoms with E-state index in [9.17, 15) is 4.79 Å². The summed E-state index contributed by atoms with van der Waals surface area (Å²) in [4.78, 5) is 22.5. The van der Waals surface area contributed by atoms with Gasteiger partial charge in [-0.1, -0.05) is 23.7 Å². The number of halogens is 2. The monoisotopic (exact) mass is 542 g/mol. The van der Waals surface area contributed by atoms with Crippen LogP contribution in [0.15, 0.2) is 47.6 Å². The molecule has 3 N–H and O–H groups in total. The molecule has 2 heterocycles. The van der Waals surface area contributed by atoms with Crippen molar-refractivity contribution in [2.24, 2.45) is 4.99 Å². The van der Waals surface area contributed by atoms with E-state index in [4.69, 9.17) is 16.6 Å². The first-order chi connectivity index (χ1) is 14.0. The molecule has 0 saturated carbocycles. The normalized spacial score (nSPS) is 16.0. The van der Waals surface area contributed by atoms with Crippen LogP contribution in [-0.4, -0.2) is 42.5 Å². The molecular weight excluding hydrogens is 515 g/mol. The number of amides is 1. The molecule has 162 valence electrons. The van der Waals surface area contributed by atoms with Gasteiger partial charge in [0, 0.05) is 44.5 Å². The number of carbonyl (C=O) groups excluding carboxylic acids is 1. The van der Waals surface area contributed by atoms with Crippen LogP contribution >= 0.6 is 35.6 Å². The molecule has 1 unspecified atom stereocenters. The fraction of sp³-hybridized carbons (Fsp3) is 0.381. The predicted molar refractivity (Wildman–Crippen MR) is 134 cm³/mol.